The third-order valence-corrected chi connectivity index (χ3v) is 4.62. The second-order valence-corrected chi connectivity index (χ2v) is 7.02. The molecule has 0 atom stereocenters. The van der Waals surface area contributed by atoms with Gasteiger partial charge in [-0.2, -0.15) is 5.10 Å². The summed E-state index contributed by atoms with van der Waals surface area (Å²) >= 11 is 5.69. The molecule has 0 saturated heterocycles. The lowest BCUT2D eigenvalue weighted by atomic mass is 10.2. The minimum absolute atomic E-state index is 0.0257. The Morgan fingerprint density at radius 1 is 1.16 bits per heavy atom. The molecule has 0 aliphatic heterocycles. The molecule has 2 aromatic rings. The van der Waals surface area contributed by atoms with Gasteiger partial charge in [-0.15, -0.1) is 0 Å². The second kappa shape index (κ2) is 7.97. The Balaban J connectivity index is 1.90. The van der Waals surface area contributed by atoms with E-state index in [0.29, 0.717) is 5.02 Å². The molecule has 0 fully saturated rings. The van der Waals surface area contributed by atoms with Crippen LogP contribution in [0.2, 0.25) is 5.02 Å². The maximum Gasteiger partial charge on any atom is 0.255 e. The van der Waals surface area contributed by atoms with Crippen LogP contribution in [0, 0.1) is 0 Å². The number of amides is 1. The van der Waals surface area contributed by atoms with Crippen LogP contribution >= 0.6 is 11.6 Å². The standard InChI is InChI=1S/C15H14ClN3O5S/c16-11-2-5-13(6-3-11)25(23,24)18-9-15(22)19-17-8-10-1-4-12(20)7-14(10)21/h1-8,18,20-21H,9H2,(H,19,22). The van der Waals surface area contributed by atoms with E-state index in [-0.39, 0.29) is 22.0 Å². The van der Waals surface area contributed by atoms with Gasteiger partial charge in [-0.05, 0) is 36.4 Å². The molecule has 2 rings (SSSR count). The summed E-state index contributed by atoms with van der Waals surface area (Å²) < 4.78 is 26.1. The predicted octanol–water partition coefficient (Wildman–Crippen LogP) is 1.18. The lowest BCUT2D eigenvalue weighted by Crippen LogP contribution is -2.34. The van der Waals surface area contributed by atoms with Crippen LogP contribution in [0.1, 0.15) is 5.56 Å². The van der Waals surface area contributed by atoms with Crippen molar-refractivity contribution in [3.05, 3.63) is 53.1 Å². The third kappa shape index (κ3) is 5.45. The number of aromatic hydroxyl groups is 2. The summed E-state index contributed by atoms with van der Waals surface area (Å²) in [5.41, 5.74) is 2.38. The van der Waals surface area contributed by atoms with Gasteiger partial charge in [-0.3, -0.25) is 4.79 Å². The van der Waals surface area contributed by atoms with E-state index in [1.807, 2.05) is 0 Å². The van der Waals surface area contributed by atoms with Gasteiger partial charge >= 0.3 is 0 Å². The van der Waals surface area contributed by atoms with Crippen molar-refractivity contribution in [1.82, 2.24) is 10.1 Å². The number of nitrogens with one attached hydrogen (secondary N) is 2. The van der Waals surface area contributed by atoms with Crippen molar-refractivity contribution in [2.24, 2.45) is 5.10 Å². The van der Waals surface area contributed by atoms with Gasteiger partial charge in [0.25, 0.3) is 5.91 Å². The number of hydrogen-bond donors (Lipinski definition) is 4. The Morgan fingerprint density at radius 3 is 2.48 bits per heavy atom. The van der Waals surface area contributed by atoms with Crippen LogP contribution in [0.25, 0.3) is 0 Å². The molecular formula is C15H14ClN3O5S. The molecule has 0 bridgehead atoms. The molecule has 8 nitrogen and oxygen atoms in total. The first kappa shape index (κ1) is 18.7. The topological polar surface area (TPSA) is 128 Å². The van der Waals surface area contributed by atoms with E-state index in [2.05, 4.69) is 15.2 Å². The van der Waals surface area contributed by atoms with Crippen LogP contribution in [0.5, 0.6) is 11.5 Å². The Hall–Kier alpha value is -2.62. The van der Waals surface area contributed by atoms with Crippen molar-refractivity contribution in [3.8, 4) is 11.5 Å². The highest BCUT2D eigenvalue weighted by atomic mass is 35.5. The fourth-order valence-electron chi connectivity index (χ4n) is 1.71. The zero-order valence-corrected chi connectivity index (χ0v) is 14.3. The highest BCUT2D eigenvalue weighted by Crippen LogP contribution is 2.20. The van der Waals surface area contributed by atoms with Gasteiger partial charge in [0.2, 0.25) is 10.0 Å². The molecule has 0 saturated carbocycles. The van der Waals surface area contributed by atoms with Crippen molar-refractivity contribution in [1.29, 1.82) is 0 Å². The molecule has 0 heterocycles. The number of hydrazone groups is 1. The van der Waals surface area contributed by atoms with E-state index in [1.54, 1.807) is 0 Å². The van der Waals surface area contributed by atoms with E-state index in [0.717, 1.165) is 12.3 Å². The molecule has 0 aliphatic rings. The number of phenols is 2. The number of nitrogens with zero attached hydrogens (tertiary/aromatic N) is 1. The third-order valence-electron chi connectivity index (χ3n) is 2.95. The Labute approximate surface area is 148 Å². The fraction of sp³-hybridized carbons (Fsp3) is 0.0667. The van der Waals surface area contributed by atoms with Gasteiger partial charge in [-0.1, -0.05) is 11.6 Å². The fourth-order valence-corrected chi connectivity index (χ4v) is 2.82. The van der Waals surface area contributed by atoms with Crippen molar-refractivity contribution < 1.29 is 23.4 Å². The summed E-state index contributed by atoms with van der Waals surface area (Å²) in [5, 5.41) is 22.7. The molecule has 0 spiro atoms. The van der Waals surface area contributed by atoms with Crippen LogP contribution in [0.3, 0.4) is 0 Å². The molecule has 0 aliphatic carbocycles. The molecule has 4 N–H and O–H groups in total. The molecule has 1 amide bonds. The molecular weight excluding hydrogens is 370 g/mol. The normalized spacial score (nSPS) is 11.6. The van der Waals surface area contributed by atoms with Crippen molar-refractivity contribution in [2.75, 3.05) is 6.54 Å². The van der Waals surface area contributed by atoms with Crippen molar-refractivity contribution in [2.45, 2.75) is 4.90 Å². The first-order chi connectivity index (χ1) is 11.8. The smallest absolute Gasteiger partial charge is 0.255 e. The summed E-state index contributed by atoms with van der Waals surface area (Å²) in [6.45, 7) is -0.524. The minimum Gasteiger partial charge on any atom is -0.508 e. The number of hydrogen-bond acceptors (Lipinski definition) is 6. The zero-order chi connectivity index (χ0) is 18.4. The van der Waals surface area contributed by atoms with Gasteiger partial charge < -0.3 is 10.2 Å². The van der Waals surface area contributed by atoms with E-state index in [4.69, 9.17) is 16.7 Å². The lowest BCUT2D eigenvalue weighted by Gasteiger charge is -2.06. The molecule has 0 aromatic heterocycles. The van der Waals surface area contributed by atoms with Crippen LogP contribution in [0.15, 0.2) is 52.5 Å². The molecule has 0 radical (unpaired) electrons. The van der Waals surface area contributed by atoms with Gasteiger partial charge in [0.1, 0.15) is 11.5 Å². The largest absolute Gasteiger partial charge is 0.508 e. The average molecular weight is 384 g/mol. The number of halogens is 1. The summed E-state index contributed by atoms with van der Waals surface area (Å²) in [4.78, 5) is 11.6. The zero-order valence-electron chi connectivity index (χ0n) is 12.7. The SMILES string of the molecule is O=C(CNS(=O)(=O)c1ccc(Cl)cc1)NN=Cc1ccc(O)cc1O. The van der Waals surface area contributed by atoms with Crippen LogP contribution < -0.4 is 10.1 Å². The quantitative estimate of drug-likeness (QED) is 0.440. The first-order valence-electron chi connectivity index (χ1n) is 6.87. The average Bonchev–Trinajstić information content (AvgIpc) is 2.55. The van der Waals surface area contributed by atoms with Crippen LogP contribution in [-0.4, -0.2) is 37.3 Å². The van der Waals surface area contributed by atoms with E-state index >= 15 is 0 Å². The second-order valence-electron chi connectivity index (χ2n) is 4.81. The number of rotatable bonds is 6. The van der Waals surface area contributed by atoms with Gasteiger partial charge in [0.05, 0.1) is 17.7 Å². The van der Waals surface area contributed by atoms with Crippen molar-refractivity contribution in [3.63, 3.8) is 0 Å². The summed E-state index contributed by atoms with van der Waals surface area (Å²) in [5.74, 6) is -1.04. The maximum absolute atomic E-state index is 12.0. The number of carbonyl (C=O) groups excluding carboxylic acids is 1. The van der Waals surface area contributed by atoms with E-state index in [1.165, 1.54) is 36.4 Å². The van der Waals surface area contributed by atoms with Crippen LogP contribution in [0.4, 0.5) is 0 Å². The van der Waals surface area contributed by atoms with Gasteiger partial charge in [-0.25, -0.2) is 18.6 Å². The molecule has 2 aromatic carbocycles. The van der Waals surface area contributed by atoms with Gasteiger partial charge in [0.15, 0.2) is 0 Å². The van der Waals surface area contributed by atoms with E-state index in [9.17, 15) is 18.3 Å². The number of sulfonamides is 1. The predicted molar refractivity (Wildman–Crippen MR) is 92.1 cm³/mol. The first-order valence-corrected chi connectivity index (χ1v) is 8.73. The Morgan fingerprint density at radius 2 is 1.84 bits per heavy atom. The van der Waals surface area contributed by atoms with Crippen molar-refractivity contribution >= 4 is 33.7 Å². The van der Waals surface area contributed by atoms with Crippen LogP contribution in [-0.2, 0) is 14.8 Å². The Kier molecular flexibility index (Phi) is 5.97. The molecule has 132 valence electrons. The molecule has 25 heavy (non-hydrogen) atoms. The highest BCUT2D eigenvalue weighted by molar-refractivity contribution is 7.89. The summed E-state index contributed by atoms with van der Waals surface area (Å²) in [6, 6.07) is 9.31. The Bertz CT molecular complexity index is 898. The molecule has 0 unspecified atom stereocenters. The summed E-state index contributed by atoms with van der Waals surface area (Å²) in [6.07, 6.45) is 1.15. The lowest BCUT2D eigenvalue weighted by molar-refractivity contribution is -0.119. The highest BCUT2D eigenvalue weighted by Gasteiger charge is 2.15. The number of benzene rings is 2. The van der Waals surface area contributed by atoms with E-state index < -0.39 is 22.5 Å². The molecule has 10 heteroatoms. The number of phenolic OH excluding ortho intramolecular Hbond substituents is 2. The number of carbonyl (C=O) groups is 1. The maximum atomic E-state index is 12.0. The van der Waals surface area contributed by atoms with Gasteiger partial charge in [0, 0.05) is 16.7 Å². The minimum atomic E-state index is -3.85. The monoisotopic (exact) mass is 383 g/mol. The summed E-state index contributed by atoms with van der Waals surface area (Å²) in [7, 11) is -3.85.